The van der Waals surface area contributed by atoms with E-state index < -0.39 is 0 Å². The van der Waals surface area contributed by atoms with Crippen LogP contribution in [0, 0.1) is 0 Å². The first-order chi connectivity index (χ1) is 14.6. The number of pyridine rings is 1. The highest BCUT2D eigenvalue weighted by Gasteiger charge is 2.23. The second-order valence-electron chi connectivity index (χ2n) is 7.11. The molecule has 1 amide bonds. The molecule has 0 spiro atoms. The van der Waals surface area contributed by atoms with E-state index in [0.29, 0.717) is 46.6 Å². The van der Waals surface area contributed by atoms with Gasteiger partial charge in [-0.15, -0.1) is 23.5 Å². The summed E-state index contributed by atoms with van der Waals surface area (Å²) in [5, 5.41) is 1.04. The van der Waals surface area contributed by atoms with Crippen LogP contribution in [0.5, 0.6) is 5.75 Å². The van der Waals surface area contributed by atoms with Crippen LogP contribution in [-0.4, -0.2) is 60.1 Å². The topological polar surface area (TPSA) is 45.7 Å². The number of hydrogen-bond acceptors (Lipinski definition) is 6. The van der Waals surface area contributed by atoms with Crippen LogP contribution in [-0.2, 0) is 4.79 Å². The van der Waals surface area contributed by atoms with Crippen LogP contribution in [0.1, 0.15) is 16.6 Å². The Morgan fingerprint density at radius 3 is 2.47 bits per heavy atom. The number of halogens is 2. The first-order valence-electron chi connectivity index (χ1n) is 9.90. The maximum atomic E-state index is 12.6. The van der Waals surface area contributed by atoms with Crippen LogP contribution in [0.3, 0.4) is 0 Å². The molecule has 0 radical (unpaired) electrons. The molecule has 1 aromatic carbocycles. The minimum Gasteiger partial charge on any atom is -0.484 e. The van der Waals surface area contributed by atoms with Crippen molar-refractivity contribution in [3.8, 4) is 5.75 Å². The maximum absolute atomic E-state index is 12.6. The summed E-state index contributed by atoms with van der Waals surface area (Å²) in [5.74, 6) is 3.87. The molecule has 160 valence electrons. The number of thioether (sulfide) groups is 2. The van der Waals surface area contributed by atoms with Gasteiger partial charge in [0.15, 0.2) is 6.61 Å². The predicted octanol–water partition coefficient (Wildman–Crippen LogP) is 4.98. The minimum absolute atomic E-state index is 0.00715. The van der Waals surface area contributed by atoms with Gasteiger partial charge in [-0.3, -0.25) is 4.79 Å². The molecule has 9 heteroatoms. The molecule has 4 rings (SSSR count). The molecule has 2 aliphatic heterocycles. The van der Waals surface area contributed by atoms with Crippen molar-refractivity contribution in [1.29, 1.82) is 0 Å². The number of ether oxygens (including phenoxy) is 1. The lowest BCUT2D eigenvalue weighted by Gasteiger charge is -2.35. The van der Waals surface area contributed by atoms with Crippen LogP contribution in [0.25, 0.3) is 0 Å². The summed E-state index contributed by atoms with van der Waals surface area (Å²) in [6.45, 7) is 2.61. The van der Waals surface area contributed by atoms with Gasteiger partial charge in [0.05, 0.1) is 14.6 Å². The number of nitrogens with zero attached hydrogens (tertiary/aromatic N) is 3. The number of piperazine rings is 1. The van der Waals surface area contributed by atoms with Crippen LogP contribution in [0.4, 0.5) is 5.82 Å². The van der Waals surface area contributed by atoms with Gasteiger partial charge in [0.25, 0.3) is 5.91 Å². The summed E-state index contributed by atoms with van der Waals surface area (Å²) in [6, 6.07) is 9.83. The van der Waals surface area contributed by atoms with E-state index in [1.54, 1.807) is 12.3 Å². The zero-order valence-electron chi connectivity index (χ0n) is 16.4. The van der Waals surface area contributed by atoms with Gasteiger partial charge in [-0.1, -0.05) is 35.3 Å². The molecule has 2 aliphatic rings. The zero-order valence-corrected chi connectivity index (χ0v) is 19.6. The number of anilines is 1. The largest absolute Gasteiger partial charge is 0.484 e. The van der Waals surface area contributed by atoms with Gasteiger partial charge in [0.1, 0.15) is 11.6 Å². The van der Waals surface area contributed by atoms with Gasteiger partial charge in [-0.05, 0) is 41.7 Å². The summed E-state index contributed by atoms with van der Waals surface area (Å²) in [7, 11) is 0. The Balaban J connectivity index is 1.25. The van der Waals surface area contributed by atoms with E-state index in [1.165, 1.54) is 23.5 Å². The lowest BCUT2D eigenvalue weighted by atomic mass is 10.2. The van der Waals surface area contributed by atoms with E-state index in [0.717, 1.165) is 5.75 Å². The third-order valence-electron chi connectivity index (χ3n) is 5.06. The molecule has 2 aromatic rings. The number of aromatic nitrogens is 1. The molecule has 0 atom stereocenters. The number of benzene rings is 1. The summed E-state index contributed by atoms with van der Waals surface area (Å²) in [4.78, 5) is 20.8. The predicted molar refractivity (Wildman–Crippen MR) is 127 cm³/mol. The van der Waals surface area contributed by atoms with Crippen LogP contribution in [0.2, 0.25) is 10.0 Å². The number of carbonyl (C=O) groups is 1. The fraction of sp³-hybridized carbons (Fsp3) is 0.429. The average Bonchev–Trinajstić information content (AvgIpc) is 2.79. The highest BCUT2D eigenvalue weighted by Crippen LogP contribution is 2.43. The number of hydrogen-bond donors (Lipinski definition) is 0. The van der Waals surface area contributed by atoms with Gasteiger partial charge in [-0.2, -0.15) is 0 Å². The van der Waals surface area contributed by atoms with Crippen molar-refractivity contribution < 1.29 is 9.53 Å². The SMILES string of the molecule is O=C(COc1ccc(C2SCCCS2)cc1)N1CCN(c2ncc(Cl)cc2Cl)CC1. The summed E-state index contributed by atoms with van der Waals surface area (Å²) in [6.07, 6.45) is 2.87. The standard InChI is InChI=1S/C21H23Cl2N3O2S2/c22-16-12-18(23)20(24-13-16)26-8-6-25(7-9-26)19(27)14-28-17-4-2-15(3-5-17)21-29-10-1-11-30-21/h2-5,12-13,21H,1,6-11,14H2. The van der Waals surface area contributed by atoms with Crippen molar-refractivity contribution in [3.05, 3.63) is 52.1 Å². The van der Waals surface area contributed by atoms with Crippen LogP contribution >= 0.6 is 46.7 Å². The highest BCUT2D eigenvalue weighted by molar-refractivity contribution is 8.16. The Morgan fingerprint density at radius 1 is 1.10 bits per heavy atom. The normalized spacial score (nSPS) is 17.8. The second kappa shape index (κ2) is 10.4. The average molecular weight is 484 g/mol. The van der Waals surface area contributed by atoms with Crippen molar-refractivity contribution in [1.82, 2.24) is 9.88 Å². The Morgan fingerprint density at radius 2 is 1.80 bits per heavy atom. The van der Waals surface area contributed by atoms with Crippen molar-refractivity contribution >= 4 is 58.5 Å². The van der Waals surface area contributed by atoms with Crippen LogP contribution < -0.4 is 9.64 Å². The first-order valence-corrected chi connectivity index (χ1v) is 12.8. The molecular weight excluding hydrogens is 461 g/mol. The third-order valence-corrected chi connectivity index (χ3v) is 8.56. The lowest BCUT2D eigenvalue weighted by molar-refractivity contribution is -0.133. The molecule has 0 unspecified atom stereocenters. The van der Waals surface area contributed by atoms with Crippen molar-refractivity contribution in [3.63, 3.8) is 0 Å². The fourth-order valence-corrected chi connectivity index (χ4v) is 6.84. The third kappa shape index (κ3) is 5.49. The van der Waals surface area contributed by atoms with E-state index in [2.05, 4.69) is 22.0 Å². The van der Waals surface area contributed by atoms with E-state index in [1.807, 2.05) is 40.6 Å². The smallest absolute Gasteiger partial charge is 0.260 e. The van der Waals surface area contributed by atoms with E-state index in [9.17, 15) is 4.79 Å². The van der Waals surface area contributed by atoms with Gasteiger partial charge >= 0.3 is 0 Å². The molecule has 0 bridgehead atoms. The monoisotopic (exact) mass is 483 g/mol. The highest BCUT2D eigenvalue weighted by atomic mass is 35.5. The van der Waals surface area contributed by atoms with Gasteiger partial charge in [-0.25, -0.2) is 4.98 Å². The van der Waals surface area contributed by atoms with Crippen molar-refractivity contribution in [2.75, 3.05) is 49.2 Å². The quantitative estimate of drug-likeness (QED) is 0.596. The molecule has 5 nitrogen and oxygen atoms in total. The second-order valence-corrected chi connectivity index (χ2v) is 10.7. The van der Waals surface area contributed by atoms with Crippen molar-refractivity contribution in [2.24, 2.45) is 0 Å². The minimum atomic E-state index is -0.00715. The van der Waals surface area contributed by atoms with Gasteiger partial charge < -0.3 is 14.5 Å². The Bertz CT molecular complexity index is 871. The molecule has 2 fully saturated rings. The van der Waals surface area contributed by atoms with E-state index >= 15 is 0 Å². The van der Waals surface area contributed by atoms with Gasteiger partial charge in [0, 0.05) is 32.4 Å². The zero-order chi connectivity index (χ0) is 20.9. The summed E-state index contributed by atoms with van der Waals surface area (Å²) < 4.78 is 6.25. The molecule has 3 heterocycles. The molecule has 0 N–H and O–H groups in total. The molecule has 0 saturated carbocycles. The first kappa shape index (κ1) is 21.9. The Labute approximate surface area is 195 Å². The van der Waals surface area contributed by atoms with Crippen LogP contribution in [0.15, 0.2) is 36.5 Å². The number of carbonyl (C=O) groups excluding carboxylic acids is 1. The molecule has 2 saturated heterocycles. The molecule has 1 aromatic heterocycles. The Hall–Kier alpha value is -1.28. The molecule has 0 aliphatic carbocycles. The fourth-order valence-electron chi connectivity index (χ4n) is 3.45. The summed E-state index contributed by atoms with van der Waals surface area (Å²) >= 11 is 16.2. The number of rotatable bonds is 5. The molecular formula is C21H23Cl2N3O2S2. The number of amides is 1. The van der Waals surface area contributed by atoms with E-state index in [-0.39, 0.29) is 12.5 Å². The Kier molecular flexibility index (Phi) is 7.57. The van der Waals surface area contributed by atoms with Crippen molar-refractivity contribution in [2.45, 2.75) is 11.0 Å². The molecule has 30 heavy (non-hydrogen) atoms. The summed E-state index contributed by atoms with van der Waals surface area (Å²) in [5.41, 5.74) is 1.31. The van der Waals surface area contributed by atoms with E-state index in [4.69, 9.17) is 27.9 Å². The lowest BCUT2D eigenvalue weighted by Crippen LogP contribution is -2.50. The maximum Gasteiger partial charge on any atom is 0.260 e. The van der Waals surface area contributed by atoms with Gasteiger partial charge in [0.2, 0.25) is 0 Å².